The molecule has 4 rings (SSSR count). The summed E-state index contributed by atoms with van der Waals surface area (Å²) >= 11 is 12.0. The van der Waals surface area contributed by atoms with E-state index in [4.69, 9.17) is 23.2 Å². The number of anilines is 3. The van der Waals surface area contributed by atoms with Crippen LogP contribution in [-0.4, -0.2) is 26.7 Å². The van der Waals surface area contributed by atoms with Crippen LogP contribution in [0.1, 0.15) is 5.56 Å². The molecule has 0 amide bonds. The zero-order valence-electron chi connectivity index (χ0n) is 14.2. The van der Waals surface area contributed by atoms with E-state index in [2.05, 4.69) is 42.9 Å². The summed E-state index contributed by atoms with van der Waals surface area (Å²) in [6.07, 6.45) is 4.50. The Hall–Kier alpha value is -2.83. The van der Waals surface area contributed by atoms with E-state index in [9.17, 15) is 0 Å². The van der Waals surface area contributed by atoms with Crippen LogP contribution in [0.3, 0.4) is 0 Å². The molecule has 0 saturated heterocycles. The second-order valence-electron chi connectivity index (χ2n) is 5.96. The molecule has 0 aliphatic rings. The monoisotopic (exact) mass is 398 g/mol. The number of aromatic nitrogens is 4. The van der Waals surface area contributed by atoms with Gasteiger partial charge in [-0.3, -0.25) is 0 Å². The normalized spacial score (nSPS) is 10.9. The van der Waals surface area contributed by atoms with Crippen LogP contribution in [0.4, 0.5) is 17.5 Å². The number of nitrogens with zero attached hydrogens (tertiary/aromatic N) is 3. The maximum atomic E-state index is 6.03. The van der Waals surface area contributed by atoms with Crippen molar-refractivity contribution < 1.29 is 0 Å². The number of hydrogen-bond acceptors (Lipinski definition) is 5. The molecule has 0 unspecified atom stereocenters. The first-order valence-corrected chi connectivity index (χ1v) is 9.15. The van der Waals surface area contributed by atoms with Crippen molar-refractivity contribution in [1.29, 1.82) is 0 Å². The zero-order chi connectivity index (χ0) is 18.6. The highest BCUT2D eigenvalue weighted by Crippen LogP contribution is 2.26. The Bertz CT molecular complexity index is 1080. The lowest BCUT2D eigenvalue weighted by molar-refractivity contribution is 0.952. The Kier molecular flexibility index (Phi) is 5.09. The van der Waals surface area contributed by atoms with Gasteiger partial charge >= 0.3 is 0 Å². The third-order valence-corrected chi connectivity index (χ3v) is 4.85. The summed E-state index contributed by atoms with van der Waals surface area (Å²) in [6, 6.07) is 13.5. The number of fused-ring (bicyclic) bond motifs is 1. The van der Waals surface area contributed by atoms with E-state index in [1.165, 1.54) is 10.9 Å². The Labute approximate surface area is 165 Å². The number of hydrogen-bond donors (Lipinski definition) is 3. The number of benzene rings is 2. The first-order valence-electron chi connectivity index (χ1n) is 8.40. The van der Waals surface area contributed by atoms with Gasteiger partial charge in [-0.05, 0) is 36.2 Å². The number of halogens is 2. The fourth-order valence-electron chi connectivity index (χ4n) is 2.81. The van der Waals surface area contributed by atoms with Gasteiger partial charge in [0.15, 0.2) is 5.82 Å². The molecule has 27 heavy (non-hydrogen) atoms. The quantitative estimate of drug-likeness (QED) is 0.423. The standard InChI is InChI=1S/C19H16Cl2N6/c20-15-6-5-13(9-16(15)21)25-19-26-18(11-24-27-19)22-8-7-12-10-23-17-4-2-1-3-14(12)17/h1-6,9-11,23H,7-8H2,(H2,22,25,26,27). The van der Waals surface area contributed by atoms with Crippen LogP contribution in [0.2, 0.25) is 10.0 Å². The summed E-state index contributed by atoms with van der Waals surface area (Å²) in [7, 11) is 0. The minimum atomic E-state index is 0.380. The number of nitrogens with one attached hydrogen (secondary N) is 3. The Morgan fingerprint density at radius 3 is 2.81 bits per heavy atom. The average Bonchev–Trinajstić information content (AvgIpc) is 3.09. The fourth-order valence-corrected chi connectivity index (χ4v) is 3.11. The molecule has 0 saturated carbocycles. The van der Waals surface area contributed by atoms with E-state index in [0.717, 1.165) is 24.2 Å². The molecule has 2 aromatic carbocycles. The lowest BCUT2D eigenvalue weighted by Crippen LogP contribution is -2.08. The second-order valence-corrected chi connectivity index (χ2v) is 6.77. The molecule has 4 aromatic rings. The van der Waals surface area contributed by atoms with Crippen LogP contribution in [0.15, 0.2) is 54.9 Å². The van der Waals surface area contributed by atoms with Gasteiger partial charge in [0.25, 0.3) is 0 Å². The average molecular weight is 399 g/mol. The third-order valence-electron chi connectivity index (χ3n) is 4.11. The highest BCUT2D eigenvalue weighted by Gasteiger charge is 2.05. The predicted molar refractivity (Wildman–Crippen MR) is 110 cm³/mol. The zero-order valence-corrected chi connectivity index (χ0v) is 15.7. The van der Waals surface area contributed by atoms with Gasteiger partial charge in [-0.1, -0.05) is 41.4 Å². The highest BCUT2D eigenvalue weighted by atomic mass is 35.5. The van der Waals surface area contributed by atoms with Crippen molar-refractivity contribution in [2.45, 2.75) is 6.42 Å². The Morgan fingerprint density at radius 2 is 1.93 bits per heavy atom. The van der Waals surface area contributed by atoms with Gasteiger partial charge in [0, 0.05) is 29.3 Å². The molecule has 6 nitrogen and oxygen atoms in total. The number of para-hydroxylation sites is 1. The smallest absolute Gasteiger partial charge is 0.249 e. The largest absolute Gasteiger partial charge is 0.368 e. The minimum Gasteiger partial charge on any atom is -0.368 e. The van der Waals surface area contributed by atoms with Gasteiger partial charge in [-0.25, -0.2) is 0 Å². The molecule has 8 heteroatoms. The van der Waals surface area contributed by atoms with Crippen LogP contribution in [-0.2, 0) is 6.42 Å². The molecule has 0 fully saturated rings. The molecular formula is C19H16Cl2N6. The van der Waals surface area contributed by atoms with E-state index < -0.39 is 0 Å². The minimum absolute atomic E-state index is 0.380. The molecule has 0 radical (unpaired) electrons. The maximum Gasteiger partial charge on any atom is 0.249 e. The van der Waals surface area contributed by atoms with Crippen molar-refractivity contribution in [3.8, 4) is 0 Å². The van der Waals surface area contributed by atoms with Crippen molar-refractivity contribution in [2.75, 3.05) is 17.2 Å². The van der Waals surface area contributed by atoms with Gasteiger partial charge in [-0.2, -0.15) is 10.1 Å². The van der Waals surface area contributed by atoms with Gasteiger partial charge in [0.2, 0.25) is 5.95 Å². The van der Waals surface area contributed by atoms with Crippen LogP contribution < -0.4 is 10.6 Å². The first kappa shape index (κ1) is 17.6. The van der Waals surface area contributed by atoms with Crippen LogP contribution in [0.25, 0.3) is 10.9 Å². The van der Waals surface area contributed by atoms with E-state index in [1.54, 1.807) is 24.4 Å². The molecule has 2 aromatic heterocycles. The number of aromatic amines is 1. The van der Waals surface area contributed by atoms with Crippen molar-refractivity contribution in [2.24, 2.45) is 0 Å². The van der Waals surface area contributed by atoms with Crippen molar-refractivity contribution >= 4 is 51.6 Å². The van der Waals surface area contributed by atoms with Crippen LogP contribution >= 0.6 is 23.2 Å². The summed E-state index contributed by atoms with van der Waals surface area (Å²) in [4.78, 5) is 7.71. The summed E-state index contributed by atoms with van der Waals surface area (Å²) in [5.41, 5.74) is 3.14. The summed E-state index contributed by atoms with van der Waals surface area (Å²) in [5, 5.41) is 16.5. The molecule has 0 aliphatic carbocycles. The van der Waals surface area contributed by atoms with E-state index in [1.807, 2.05) is 18.3 Å². The third kappa shape index (κ3) is 4.13. The maximum absolute atomic E-state index is 6.03. The molecule has 2 heterocycles. The van der Waals surface area contributed by atoms with Gasteiger partial charge in [-0.15, -0.1) is 5.10 Å². The van der Waals surface area contributed by atoms with Crippen LogP contribution in [0.5, 0.6) is 0 Å². The highest BCUT2D eigenvalue weighted by molar-refractivity contribution is 6.42. The number of rotatable bonds is 6. The van der Waals surface area contributed by atoms with Crippen molar-refractivity contribution in [3.05, 3.63) is 70.5 Å². The van der Waals surface area contributed by atoms with E-state index >= 15 is 0 Å². The second kappa shape index (κ2) is 7.82. The predicted octanol–water partition coefficient (Wildman–Crippen LogP) is 5.06. The topological polar surface area (TPSA) is 78.5 Å². The fraction of sp³-hybridized carbons (Fsp3) is 0.105. The lowest BCUT2D eigenvalue weighted by Gasteiger charge is -2.08. The lowest BCUT2D eigenvalue weighted by atomic mass is 10.1. The van der Waals surface area contributed by atoms with E-state index in [0.29, 0.717) is 21.8 Å². The molecular weight excluding hydrogens is 383 g/mol. The molecule has 0 bridgehead atoms. The van der Waals surface area contributed by atoms with E-state index in [-0.39, 0.29) is 0 Å². The molecule has 0 aliphatic heterocycles. The van der Waals surface area contributed by atoms with Gasteiger partial charge < -0.3 is 15.6 Å². The molecule has 136 valence electrons. The summed E-state index contributed by atoms with van der Waals surface area (Å²) in [6.45, 7) is 0.729. The first-order chi connectivity index (χ1) is 13.2. The van der Waals surface area contributed by atoms with Crippen molar-refractivity contribution in [1.82, 2.24) is 20.2 Å². The Morgan fingerprint density at radius 1 is 1.04 bits per heavy atom. The van der Waals surface area contributed by atoms with Gasteiger partial charge in [0.1, 0.15) is 0 Å². The Balaban J connectivity index is 1.39. The summed E-state index contributed by atoms with van der Waals surface area (Å²) < 4.78 is 0. The summed E-state index contributed by atoms with van der Waals surface area (Å²) in [5.74, 6) is 1.03. The molecule has 0 spiro atoms. The van der Waals surface area contributed by atoms with Crippen molar-refractivity contribution in [3.63, 3.8) is 0 Å². The number of H-pyrrole nitrogens is 1. The van der Waals surface area contributed by atoms with Crippen LogP contribution in [0, 0.1) is 0 Å². The SMILES string of the molecule is Clc1ccc(Nc2nncc(NCCc3c[nH]c4ccccc34)n2)cc1Cl. The molecule has 3 N–H and O–H groups in total. The molecule has 0 atom stereocenters. The van der Waals surface area contributed by atoms with Gasteiger partial charge in [0.05, 0.1) is 16.2 Å².